The van der Waals surface area contributed by atoms with E-state index in [4.69, 9.17) is 17.3 Å². The topological polar surface area (TPSA) is 123 Å². The van der Waals surface area contributed by atoms with E-state index in [2.05, 4.69) is 4.98 Å². The van der Waals surface area contributed by atoms with E-state index >= 15 is 0 Å². The number of nitrogens with two attached hydrogens (primary N) is 1. The Morgan fingerprint density at radius 2 is 2.00 bits per heavy atom. The van der Waals surface area contributed by atoms with E-state index in [-0.39, 0.29) is 16.3 Å². The number of carbonyl (C=O) groups excluding carboxylic acids is 1. The maximum Gasteiger partial charge on any atom is 0.270 e. The number of nitro groups is 1. The number of aryl methyl sites for hydroxylation is 1. The molecule has 21 heavy (non-hydrogen) atoms. The summed E-state index contributed by atoms with van der Waals surface area (Å²) in [7, 11) is 0. The Kier molecular flexibility index (Phi) is 5.62. The van der Waals surface area contributed by atoms with Crippen molar-refractivity contribution in [3.05, 3.63) is 62.8 Å². The van der Waals surface area contributed by atoms with Crippen LogP contribution in [0, 0.1) is 17.0 Å². The van der Waals surface area contributed by atoms with Gasteiger partial charge in [-0.15, -0.1) is 0 Å². The molecule has 0 amide bonds. The molecule has 7 nitrogen and oxygen atoms in total. The number of nitrogens with zero attached hydrogens (tertiary/aromatic N) is 1. The summed E-state index contributed by atoms with van der Waals surface area (Å²) in [5.41, 5.74) is 5.98. The molecule has 3 N–H and O–H groups in total. The third kappa shape index (κ3) is 5.07. The van der Waals surface area contributed by atoms with Crippen LogP contribution in [0.2, 0.25) is 5.02 Å². The van der Waals surface area contributed by atoms with E-state index in [1.807, 2.05) is 25.1 Å². The lowest BCUT2D eigenvalue weighted by molar-refractivity contribution is -0.384. The van der Waals surface area contributed by atoms with Gasteiger partial charge in [-0.2, -0.15) is 0 Å². The highest BCUT2D eigenvalue weighted by molar-refractivity contribution is 6.33. The molecule has 110 valence electrons. The molecular weight excluding hydrogens is 298 g/mol. The number of carboxylic acid groups (broad SMARTS) is 1. The fraction of sp³-hybridized carbons (Fsp3) is 0.0769. The minimum atomic E-state index is -1.46. The number of carboxylic acids is 1. The number of hydrogen-bond acceptors (Lipinski definition) is 5. The van der Waals surface area contributed by atoms with Crippen LogP contribution in [0.15, 0.2) is 36.4 Å². The molecule has 0 spiro atoms. The van der Waals surface area contributed by atoms with Gasteiger partial charge in [0.2, 0.25) is 0 Å². The van der Waals surface area contributed by atoms with Gasteiger partial charge in [-0.25, -0.2) is 4.98 Å². The number of rotatable bonds is 2. The Morgan fingerprint density at radius 1 is 1.33 bits per heavy atom. The maximum absolute atomic E-state index is 10.3. The van der Waals surface area contributed by atoms with Crippen LogP contribution in [0.1, 0.15) is 16.1 Å². The molecule has 1 heterocycles. The molecule has 0 radical (unpaired) electrons. The molecule has 0 saturated heterocycles. The van der Waals surface area contributed by atoms with Crippen molar-refractivity contribution in [2.75, 3.05) is 5.73 Å². The Morgan fingerprint density at radius 3 is 2.38 bits per heavy atom. The van der Waals surface area contributed by atoms with Crippen molar-refractivity contribution in [2.24, 2.45) is 0 Å². The zero-order valence-corrected chi connectivity index (χ0v) is 11.8. The van der Waals surface area contributed by atoms with Gasteiger partial charge < -0.3 is 9.90 Å². The summed E-state index contributed by atoms with van der Waals surface area (Å²) in [5, 5.41) is 20.4. The second-order valence-electron chi connectivity index (χ2n) is 4.00. The molecule has 0 unspecified atom stereocenters. The molecule has 0 aliphatic heterocycles. The zero-order chi connectivity index (χ0) is 16.0. The zero-order valence-electron chi connectivity index (χ0n) is 11.0. The highest BCUT2D eigenvalue weighted by Crippen LogP contribution is 2.21. The van der Waals surface area contributed by atoms with Crippen LogP contribution in [-0.2, 0) is 0 Å². The highest BCUT2D eigenvalue weighted by atomic mass is 35.5. The SMILES string of the molecule is Cc1cccc(N)[nH+]1.O=C([O-])c1ccc([N+](=O)[O-])cc1Cl. The third-order valence-electron chi connectivity index (χ3n) is 2.35. The Hall–Kier alpha value is -2.67. The third-order valence-corrected chi connectivity index (χ3v) is 2.66. The number of H-pyrrole nitrogens is 1. The molecule has 8 heteroatoms. The van der Waals surface area contributed by atoms with Gasteiger partial charge in [0.1, 0.15) is 0 Å². The number of anilines is 1. The summed E-state index contributed by atoms with van der Waals surface area (Å²) in [6.45, 7) is 1.97. The second-order valence-corrected chi connectivity index (χ2v) is 4.41. The summed E-state index contributed by atoms with van der Waals surface area (Å²) in [4.78, 5) is 22.8. The fourth-order valence-corrected chi connectivity index (χ4v) is 1.64. The largest absolute Gasteiger partial charge is 0.545 e. The molecule has 0 atom stereocenters. The number of carbonyl (C=O) groups is 1. The summed E-state index contributed by atoms with van der Waals surface area (Å²) in [6.07, 6.45) is 0. The summed E-state index contributed by atoms with van der Waals surface area (Å²) in [5.74, 6) is -0.745. The van der Waals surface area contributed by atoms with E-state index < -0.39 is 10.9 Å². The number of nitro benzene ring substituents is 1. The van der Waals surface area contributed by atoms with E-state index in [9.17, 15) is 20.0 Å². The van der Waals surface area contributed by atoms with Crippen molar-refractivity contribution in [2.45, 2.75) is 6.92 Å². The minimum absolute atomic E-state index is 0.200. The predicted molar refractivity (Wildman–Crippen MR) is 74.6 cm³/mol. The standard InChI is InChI=1S/C7H4ClNO4.C6H8N2/c8-6-3-4(9(12)13)1-2-5(6)7(10)11;1-5-3-2-4-6(7)8-5/h1-3H,(H,10,11);2-4H,1H3,(H2,7,8). The van der Waals surface area contributed by atoms with Gasteiger partial charge in [0.05, 0.1) is 21.6 Å². The van der Waals surface area contributed by atoms with Crippen LogP contribution in [-0.4, -0.2) is 10.9 Å². The van der Waals surface area contributed by atoms with Crippen molar-refractivity contribution < 1.29 is 19.8 Å². The maximum atomic E-state index is 10.3. The smallest absolute Gasteiger partial charge is 0.270 e. The molecular formula is C13H12ClN3O4. The quantitative estimate of drug-likeness (QED) is 0.654. The van der Waals surface area contributed by atoms with Crippen molar-refractivity contribution in [1.29, 1.82) is 0 Å². The fourth-order valence-electron chi connectivity index (χ4n) is 1.39. The van der Waals surface area contributed by atoms with Crippen molar-refractivity contribution in [3.8, 4) is 0 Å². The van der Waals surface area contributed by atoms with E-state index in [1.54, 1.807) is 0 Å². The first-order chi connectivity index (χ1) is 9.81. The summed E-state index contributed by atoms with van der Waals surface area (Å²) < 4.78 is 0. The Bertz CT molecular complexity index is 659. The lowest BCUT2D eigenvalue weighted by Crippen LogP contribution is -2.22. The number of nitrogen functional groups attached to an aromatic ring is 1. The highest BCUT2D eigenvalue weighted by Gasteiger charge is 2.09. The molecule has 0 fully saturated rings. The number of aromatic amines is 1. The first-order valence-corrected chi connectivity index (χ1v) is 6.08. The number of aromatic nitrogens is 1. The Labute approximate surface area is 125 Å². The van der Waals surface area contributed by atoms with Gasteiger partial charge in [0, 0.05) is 23.8 Å². The second kappa shape index (κ2) is 7.20. The van der Waals surface area contributed by atoms with Crippen molar-refractivity contribution >= 4 is 29.1 Å². The number of benzene rings is 1. The summed E-state index contributed by atoms with van der Waals surface area (Å²) in [6, 6.07) is 8.77. The van der Waals surface area contributed by atoms with Crippen molar-refractivity contribution in [1.82, 2.24) is 0 Å². The lowest BCUT2D eigenvalue weighted by atomic mass is 10.2. The number of halogens is 1. The number of pyridine rings is 1. The first-order valence-electron chi connectivity index (χ1n) is 5.71. The molecule has 2 aromatic rings. The molecule has 0 aliphatic rings. The lowest BCUT2D eigenvalue weighted by Gasteiger charge is -2.03. The van der Waals surface area contributed by atoms with Gasteiger partial charge in [-0.3, -0.25) is 15.8 Å². The average Bonchev–Trinajstić information content (AvgIpc) is 2.38. The van der Waals surface area contributed by atoms with Crippen LogP contribution >= 0.6 is 11.6 Å². The van der Waals surface area contributed by atoms with Gasteiger partial charge in [-0.1, -0.05) is 17.7 Å². The molecule has 0 saturated carbocycles. The monoisotopic (exact) mass is 309 g/mol. The van der Waals surface area contributed by atoms with Gasteiger partial charge in [0.25, 0.3) is 11.5 Å². The van der Waals surface area contributed by atoms with E-state index in [1.165, 1.54) is 0 Å². The molecule has 1 aromatic carbocycles. The van der Waals surface area contributed by atoms with Crippen LogP contribution in [0.4, 0.5) is 11.5 Å². The normalized spacial score (nSPS) is 9.43. The molecule has 0 bridgehead atoms. The minimum Gasteiger partial charge on any atom is -0.545 e. The van der Waals surface area contributed by atoms with Gasteiger partial charge >= 0.3 is 0 Å². The number of hydrogen-bond donors (Lipinski definition) is 1. The van der Waals surface area contributed by atoms with Crippen LogP contribution in [0.3, 0.4) is 0 Å². The summed E-state index contributed by atoms with van der Waals surface area (Å²) >= 11 is 5.44. The van der Waals surface area contributed by atoms with E-state index in [0.29, 0.717) is 5.82 Å². The van der Waals surface area contributed by atoms with Crippen LogP contribution < -0.4 is 15.8 Å². The van der Waals surface area contributed by atoms with Crippen molar-refractivity contribution in [3.63, 3.8) is 0 Å². The molecule has 1 aromatic heterocycles. The number of non-ortho nitro benzene ring substituents is 1. The van der Waals surface area contributed by atoms with Crippen LogP contribution in [0.5, 0.6) is 0 Å². The number of nitrogens with one attached hydrogen (secondary N) is 1. The van der Waals surface area contributed by atoms with Gasteiger partial charge in [-0.05, 0) is 19.1 Å². The van der Waals surface area contributed by atoms with E-state index in [0.717, 1.165) is 23.9 Å². The predicted octanol–water partition coefficient (Wildman–Crippen LogP) is 1.00. The molecule has 0 aliphatic carbocycles. The van der Waals surface area contributed by atoms with Crippen LogP contribution in [0.25, 0.3) is 0 Å². The Balaban J connectivity index is 0.000000235. The number of aromatic carboxylic acids is 1. The van der Waals surface area contributed by atoms with Gasteiger partial charge in [0.15, 0.2) is 0 Å². The first kappa shape index (κ1) is 16.4. The molecule has 2 rings (SSSR count). The average molecular weight is 310 g/mol.